The molecule has 8 nitrogen and oxygen atoms in total. The van der Waals surface area contributed by atoms with Crippen LogP contribution in [0.4, 0.5) is 5.69 Å². The Labute approximate surface area is 196 Å². The summed E-state index contributed by atoms with van der Waals surface area (Å²) >= 11 is 1.19. The highest BCUT2D eigenvalue weighted by atomic mass is 32.1. The quantitative estimate of drug-likeness (QED) is 0.600. The van der Waals surface area contributed by atoms with Crippen molar-refractivity contribution in [2.75, 3.05) is 25.0 Å². The molecule has 1 aliphatic rings. The minimum atomic E-state index is -0.288. The Bertz CT molecular complexity index is 1270. The molecular weight excluding hydrogens is 440 g/mol. The van der Waals surface area contributed by atoms with E-state index < -0.39 is 0 Å². The number of anilines is 1. The zero-order chi connectivity index (χ0) is 23.7. The summed E-state index contributed by atoms with van der Waals surface area (Å²) < 4.78 is 7.14. The maximum atomic E-state index is 13.6. The average Bonchev–Trinajstić information content (AvgIpc) is 3.41. The summed E-state index contributed by atoms with van der Waals surface area (Å²) in [6.07, 6.45) is 3.12. The average molecular weight is 469 g/mol. The molecular formula is C24H28N4O4S. The van der Waals surface area contributed by atoms with Gasteiger partial charge in [-0.1, -0.05) is 12.1 Å². The fraction of sp³-hybridized carbons (Fsp3) is 0.417. The van der Waals surface area contributed by atoms with Crippen molar-refractivity contribution in [3.8, 4) is 0 Å². The number of hydrogen-bond acceptors (Lipinski definition) is 6. The number of fused-ring (bicyclic) bond motifs is 1. The smallest absolute Gasteiger partial charge is 0.264 e. The number of thiophene rings is 1. The molecule has 1 saturated heterocycles. The van der Waals surface area contributed by atoms with Crippen LogP contribution in [0.5, 0.6) is 0 Å². The second kappa shape index (κ2) is 9.44. The van der Waals surface area contributed by atoms with Crippen molar-refractivity contribution in [3.63, 3.8) is 0 Å². The van der Waals surface area contributed by atoms with Crippen molar-refractivity contribution < 1.29 is 14.3 Å². The van der Waals surface area contributed by atoms with E-state index in [4.69, 9.17) is 4.74 Å². The number of rotatable bonds is 6. The Morgan fingerprint density at radius 3 is 2.79 bits per heavy atom. The second-order valence-corrected chi connectivity index (χ2v) is 9.51. The number of nitrogens with zero attached hydrogens (tertiary/aromatic N) is 3. The first-order valence-electron chi connectivity index (χ1n) is 11.0. The van der Waals surface area contributed by atoms with Gasteiger partial charge in [-0.25, -0.2) is 4.98 Å². The van der Waals surface area contributed by atoms with E-state index in [1.54, 1.807) is 14.0 Å². The number of nitrogens with one attached hydrogen (secondary N) is 1. The number of amides is 2. The number of ether oxygens (including phenoxy) is 1. The standard InChI is InChI=1S/C24H28N4O4S/c1-14-7-5-9-18(15(14)2)26-19(29)12-28(11-17-8-6-10-32-17)24(31)21-16(3)20-22(33-21)25-13-27(4)23(20)30/h5,7,9,13,17H,6,8,10-12H2,1-4H3,(H,26,29). The molecule has 0 saturated carbocycles. The SMILES string of the molecule is Cc1cccc(NC(=O)CN(CC2CCCO2)C(=O)c2sc3ncn(C)c(=O)c3c2C)c1C. The fourth-order valence-corrected chi connectivity index (χ4v) is 5.17. The lowest BCUT2D eigenvalue weighted by molar-refractivity contribution is -0.117. The van der Waals surface area contributed by atoms with E-state index in [2.05, 4.69) is 10.3 Å². The number of aromatic nitrogens is 2. The first-order valence-corrected chi connectivity index (χ1v) is 11.8. The first kappa shape index (κ1) is 23.1. The number of benzene rings is 1. The van der Waals surface area contributed by atoms with E-state index in [-0.39, 0.29) is 30.0 Å². The Kier molecular flexibility index (Phi) is 6.62. The molecule has 1 aliphatic heterocycles. The number of carbonyl (C=O) groups is 2. The topological polar surface area (TPSA) is 93.5 Å². The van der Waals surface area contributed by atoms with Crippen LogP contribution in [-0.4, -0.2) is 52.1 Å². The molecule has 9 heteroatoms. The summed E-state index contributed by atoms with van der Waals surface area (Å²) in [6.45, 7) is 6.57. The van der Waals surface area contributed by atoms with Gasteiger partial charge in [-0.2, -0.15) is 0 Å². The van der Waals surface area contributed by atoms with Crippen molar-refractivity contribution in [1.29, 1.82) is 0 Å². The van der Waals surface area contributed by atoms with Crippen LogP contribution < -0.4 is 10.9 Å². The lowest BCUT2D eigenvalue weighted by Crippen LogP contribution is -2.42. The van der Waals surface area contributed by atoms with Crippen molar-refractivity contribution >= 4 is 39.1 Å². The maximum absolute atomic E-state index is 13.6. The number of carbonyl (C=O) groups excluding carboxylic acids is 2. The zero-order valence-corrected chi connectivity index (χ0v) is 20.1. The molecule has 3 aromatic rings. The van der Waals surface area contributed by atoms with Crippen LogP contribution in [-0.2, 0) is 16.6 Å². The van der Waals surface area contributed by atoms with E-state index in [9.17, 15) is 14.4 Å². The third kappa shape index (κ3) is 4.69. The van der Waals surface area contributed by atoms with E-state index >= 15 is 0 Å². The van der Waals surface area contributed by atoms with Crippen LogP contribution in [0.1, 0.15) is 39.2 Å². The molecule has 1 fully saturated rings. The third-order valence-electron chi connectivity index (χ3n) is 6.15. The molecule has 0 radical (unpaired) electrons. The minimum absolute atomic E-state index is 0.106. The minimum Gasteiger partial charge on any atom is -0.376 e. The van der Waals surface area contributed by atoms with Crippen molar-refractivity contribution in [1.82, 2.24) is 14.5 Å². The molecule has 4 rings (SSSR count). The predicted octanol–water partition coefficient (Wildman–Crippen LogP) is 3.18. The lowest BCUT2D eigenvalue weighted by Gasteiger charge is -2.25. The van der Waals surface area contributed by atoms with Gasteiger partial charge in [-0.3, -0.25) is 14.4 Å². The third-order valence-corrected chi connectivity index (χ3v) is 7.34. The monoisotopic (exact) mass is 468 g/mol. The van der Waals surface area contributed by atoms with E-state index in [0.29, 0.717) is 33.8 Å². The van der Waals surface area contributed by atoms with E-state index in [0.717, 1.165) is 29.7 Å². The molecule has 0 bridgehead atoms. The van der Waals surface area contributed by atoms with Gasteiger partial charge in [0.25, 0.3) is 11.5 Å². The molecule has 1 aromatic carbocycles. The summed E-state index contributed by atoms with van der Waals surface area (Å²) in [7, 11) is 1.63. The summed E-state index contributed by atoms with van der Waals surface area (Å²) in [5.74, 6) is -0.563. The highest BCUT2D eigenvalue weighted by Gasteiger charge is 2.28. The Morgan fingerprint density at radius 1 is 1.27 bits per heavy atom. The molecule has 2 aromatic heterocycles. The zero-order valence-electron chi connectivity index (χ0n) is 19.3. The molecule has 1 N–H and O–H groups in total. The van der Waals surface area contributed by atoms with Gasteiger partial charge < -0.3 is 19.5 Å². The molecule has 0 aliphatic carbocycles. The van der Waals surface area contributed by atoms with Gasteiger partial charge in [0, 0.05) is 25.9 Å². The largest absolute Gasteiger partial charge is 0.376 e. The molecule has 174 valence electrons. The fourth-order valence-electron chi connectivity index (χ4n) is 4.06. The van der Waals surface area contributed by atoms with Crippen LogP contribution >= 0.6 is 11.3 Å². The first-order chi connectivity index (χ1) is 15.8. The summed E-state index contributed by atoms with van der Waals surface area (Å²) in [6, 6.07) is 5.73. The second-order valence-electron chi connectivity index (χ2n) is 8.51. The van der Waals surface area contributed by atoms with Gasteiger partial charge >= 0.3 is 0 Å². The summed E-state index contributed by atoms with van der Waals surface area (Å²) in [5, 5.41) is 3.38. The Hall–Kier alpha value is -3.04. The summed E-state index contributed by atoms with van der Waals surface area (Å²) in [5.41, 5.74) is 3.21. The molecule has 3 heterocycles. The van der Waals surface area contributed by atoms with Gasteiger partial charge in [-0.15, -0.1) is 11.3 Å². The highest BCUT2D eigenvalue weighted by molar-refractivity contribution is 7.20. The van der Waals surface area contributed by atoms with Crippen molar-refractivity contribution in [2.24, 2.45) is 7.05 Å². The van der Waals surface area contributed by atoms with Crippen LogP contribution in [0.3, 0.4) is 0 Å². The molecule has 1 unspecified atom stereocenters. The van der Waals surface area contributed by atoms with Crippen LogP contribution in [0.25, 0.3) is 10.2 Å². The molecule has 33 heavy (non-hydrogen) atoms. The molecule has 2 amide bonds. The number of aryl methyl sites for hydroxylation is 3. The van der Waals surface area contributed by atoms with Crippen LogP contribution in [0.2, 0.25) is 0 Å². The highest BCUT2D eigenvalue weighted by Crippen LogP contribution is 2.28. The number of hydrogen-bond donors (Lipinski definition) is 1. The van der Waals surface area contributed by atoms with Crippen molar-refractivity contribution in [3.05, 3.63) is 56.4 Å². The van der Waals surface area contributed by atoms with Gasteiger partial charge in [0.1, 0.15) is 11.4 Å². The van der Waals surface area contributed by atoms with Gasteiger partial charge in [0.05, 0.1) is 22.7 Å². The maximum Gasteiger partial charge on any atom is 0.264 e. The van der Waals surface area contributed by atoms with Gasteiger partial charge in [0.15, 0.2) is 0 Å². The van der Waals surface area contributed by atoms with E-state index in [1.165, 1.54) is 27.1 Å². The normalized spacial score (nSPS) is 15.7. The summed E-state index contributed by atoms with van der Waals surface area (Å²) in [4.78, 5) is 45.9. The van der Waals surface area contributed by atoms with Gasteiger partial charge in [0.2, 0.25) is 5.91 Å². The van der Waals surface area contributed by atoms with Crippen LogP contribution in [0, 0.1) is 20.8 Å². The Morgan fingerprint density at radius 2 is 2.06 bits per heavy atom. The van der Waals surface area contributed by atoms with Crippen LogP contribution in [0.15, 0.2) is 29.3 Å². The molecule has 1 atom stereocenters. The van der Waals surface area contributed by atoms with Gasteiger partial charge in [-0.05, 0) is 56.4 Å². The predicted molar refractivity (Wildman–Crippen MR) is 129 cm³/mol. The van der Waals surface area contributed by atoms with Crippen molar-refractivity contribution in [2.45, 2.75) is 39.7 Å². The van der Waals surface area contributed by atoms with E-state index in [1.807, 2.05) is 32.0 Å². The lowest BCUT2D eigenvalue weighted by atomic mass is 10.1. The molecule has 0 spiro atoms. The Balaban J connectivity index is 1.62.